The Morgan fingerprint density at radius 2 is 1.57 bits per heavy atom. The first-order valence-electron chi connectivity index (χ1n) is 11.6. The standard InChI is InChI=1S/C28H29Cl2FN2O2/c1-3-19(2)32-28(35)26(16-20-7-5-4-6-8-20)33(18-21-9-12-23(31)13-10-21)27(34)17-22-11-14-24(29)25(30)15-22/h4-15,19,26H,3,16-18H2,1-2H3,(H,32,35)/t19-,26-/m0/s1. The molecule has 7 heteroatoms. The average Bonchev–Trinajstić information content (AvgIpc) is 2.85. The van der Waals surface area contributed by atoms with Gasteiger partial charge in [0.2, 0.25) is 11.8 Å². The maximum absolute atomic E-state index is 13.7. The number of carbonyl (C=O) groups is 2. The highest BCUT2D eigenvalue weighted by Gasteiger charge is 2.31. The molecule has 0 heterocycles. The summed E-state index contributed by atoms with van der Waals surface area (Å²) in [4.78, 5) is 28.7. The summed E-state index contributed by atoms with van der Waals surface area (Å²) in [6, 6.07) is 19.8. The number of benzene rings is 3. The Bertz CT molecular complexity index is 1140. The number of hydrogen-bond acceptors (Lipinski definition) is 2. The lowest BCUT2D eigenvalue weighted by Crippen LogP contribution is -2.52. The Labute approximate surface area is 216 Å². The Morgan fingerprint density at radius 3 is 2.20 bits per heavy atom. The molecule has 184 valence electrons. The van der Waals surface area contributed by atoms with Gasteiger partial charge >= 0.3 is 0 Å². The van der Waals surface area contributed by atoms with Crippen LogP contribution in [0, 0.1) is 5.82 Å². The normalized spacial score (nSPS) is 12.6. The molecule has 0 radical (unpaired) electrons. The zero-order valence-electron chi connectivity index (χ0n) is 19.8. The Morgan fingerprint density at radius 1 is 0.914 bits per heavy atom. The van der Waals surface area contributed by atoms with Crippen LogP contribution in [0.2, 0.25) is 10.0 Å². The van der Waals surface area contributed by atoms with E-state index >= 15 is 0 Å². The monoisotopic (exact) mass is 514 g/mol. The number of hydrogen-bond donors (Lipinski definition) is 1. The summed E-state index contributed by atoms with van der Waals surface area (Å²) in [6.45, 7) is 4.08. The summed E-state index contributed by atoms with van der Waals surface area (Å²) < 4.78 is 13.5. The minimum atomic E-state index is -0.758. The van der Waals surface area contributed by atoms with Crippen LogP contribution in [0.5, 0.6) is 0 Å². The van der Waals surface area contributed by atoms with Gasteiger partial charge < -0.3 is 10.2 Å². The molecule has 3 aromatic carbocycles. The average molecular weight is 515 g/mol. The molecule has 35 heavy (non-hydrogen) atoms. The summed E-state index contributed by atoms with van der Waals surface area (Å²) >= 11 is 12.2. The number of halogens is 3. The predicted molar refractivity (Wildman–Crippen MR) is 139 cm³/mol. The molecule has 3 aromatic rings. The molecule has 0 aliphatic rings. The smallest absolute Gasteiger partial charge is 0.243 e. The van der Waals surface area contributed by atoms with Crippen molar-refractivity contribution < 1.29 is 14.0 Å². The van der Waals surface area contributed by atoms with Crippen molar-refractivity contribution in [3.05, 3.63) is 105 Å². The number of nitrogens with one attached hydrogen (secondary N) is 1. The topological polar surface area (TPSA) is 49.4 Å². The fourth-order valence-corrected chi connectivity index (χ4v) is 4.03. The zero-order valence-corrected chi connectivity index (χ0v) is 21.3. The molecule has 3 rings (SSSR count). The molecule has 1 N–H and O–H groups in total. The first-order chi connectivity index (χ1) is 16.8. The molecule has 0 saturated heterocycles. The number of amides is 2. The van der Waals surface area contributed by atoms with E-state index in [1.807, 2.05) is 44.2 Å². The van der Waals surface area contributed by atoms with Crippen molar-refractivity contribution >= 4 is 35.0 Å². The number of carbonyl (C=O) groups excluding carboxylic acids is 2. The summed E-state index contributed by atoms with van der Waals surface area (Å²) in [7, 11) is 0. The first kappa shape index (κ1) is 26.7. The van der Waals surface area contributed by atoms with Gasteiger partial charge in [0.25, 0.3) is 0 Å². The molecule has 0 bridgehead atoms. The first-order valence-corrected chi connectivity index (χ1v) is 12.3. The van der Waals surface area contributed by atoms with Gasteiger partial charge in [-0.15, -0.1) is 0 Å². The van der Waals surface area contributed by atoms with Crippen LogP contribution in [0.4, 0.5) is 4.39 Å². The fraction of sp³-hybridized carbons (Fsp3) is 0.286. The van der Waals surface area contributed by atoms with Gasteiger partial charge in [0.05, 0.1) is 16.5 Å². The summed E-state index contributed by atoms with van der Waals surface area (Å²) in [5.74, 6) is -0.835. The quantitative estimate of drug-likeness (QED) is 0.348. The molecule has 2 atom stereocenters. The maximum atomic E-state index is 13.7. The zero-order chi connectivity index (χ0) is 25.4. The highest BCUT2D eigenvalue weighted by atomic mass is 35.5. The number of rotatable bonds is 10. The highest BCUT2D eigenvalue weighted by molar-refractivity contribution is 6.42. The summed E-state index contributed by atoms with van der Waals surface area (Å²) in [5, 5.41) is 3.79. The van der Waals surface area contributed by atoms with Crippen molar-refractivity contribution in [2.24, 2.45) is 0 Å². The Hall–Kier alpha value is -2.89. The fourth-order valence-electron chi connectivity index (χ4n) is 3.71. The molecule has 0 unspecified atom stereocenters. The third-order valence-electron chi connectivity index (χ3n) is 5.88. The van der Waals surface area contributed by atoms with Crippen molar-refractivity contribution in [1.82, 2.24) is 10.2 Å². The summed E-state index contributed by atoms with van der Waals surface area (Å²) in [5.41, 5.74) is 2.35. The molecule has 0 spiro atoms. The van der Waals surface area contributed by atoms with Crippen molar-refractivity contribution in [2.75, 3.05) is 0 Å². The second kappa shape index (κ2) is 12.7. The lowest BCUT2D eigenvalue weighted by atomic mass is 10.0. The van der Waals surface area contributed by atoms with E-state index in [9.17, 15) is 14.0 Å². The maximum Gasteiger partial charge on any atom is 0.243 e. The van der Waals surface area contributed by atoms with Gasteiger partial charge in [-0.25, -0.2) is 4.39 Å². The molecule has 0 saturated carbocycles. The van der Waals surface area contributed by atoms with Gasteiger partial charge in [-0.2, -0.15) is 0 Å². The van der Waals surface area contributed by atoms with Crippen LogP contribution < -0.4 is 5.32 Å². The van der Waals surface area contributed by atoms with E-state index in [0.717, 1.165) is 17.5 Å². The van der Waals surface area contributed by atoms with Crippen LogP contribution in [0.15, 0.2) is 72.8 Å². The van der Waals surface area contributed by atoms with Gasteiger partial charge in [-0.3, -0.25) is 9.59 Å². The van der Waals surface area contributed by atoms with E-state index in [0.29, 0.717) is 22.0 Å². The van der Waals surface area contributed by atoms with Crippen molar-refractivity contribution in [2.45, 2.75) is 51.7 Å². The Balaban J connectivity index is 1.97. The predicted octanol–water partition coefficient (Wildman–Crippen LogP) is 6.23. The van der Waals surface area contributed by atoms with Crippen molar-refractivity contribution in [3.63, 3.8) is 0 Å². The Kier molecular flexibility index (Phi) is 9.70. The lowest BCUT2D eigenvalue weighted by Gasteiger charge is -2.32. The molecular weight excluding hydrogens is 486 g/mol. The second-order valence-electron chi connectivity index (χ2n) is 8.60. The van der Waals surface area contributed by atoms with E-state index in [2.05, 4.69) is 5.32 Å². The van der Waals surface area contributed by atoms with E-state index in [4.69, 9.17) is 23.2 Å². The highest BCUT2D eigenvalue weighted by Crippen LogP contribution is 2.24. The van der Waals surface area contributed by atoms with E-state index in [-0.39, 0.29) is 36.6 Å². The lowest BCUT2D eigenvalue weighted by molar-refractivity contribution is -0.141. The van der Waals surface area contributed by atoms with Gasteiger partial charge in [0.15, 0.2) is 0 Å². The van der Waals surface area contributed by atoms with E-state index in [1.165, 1.54) is 12.1 Å². The van der Waals surface area contributed by atoms with Gasteiger partial charge in [0.1, 0.15) is 11.9 Å². The van der Waals surface area contributed by atoms with Gasteiger partial charge in [-0.1, -0.05) is 78.7 Å². The van der Waals surface area contributed by atoms with Crippen molar-refractivity contribution in [1.29, 1.82) is 0 Å². The molecule has 0 fully saturated rings. The third kappa shape index (κ3) is 7.81. The van der Waals surface area contributed by atoms with Gasteiger partial charge in [0, 0.05) is 19.0 Å². The molecule has 2 amide bonds. The minimum absolute atomic E-state index is 0.0417. The number of nitrogens with zero attached hydrogens (tertiary/aromatic N) is 1. The SMILES string of the molecule is CC[C@H](C)NC(=O)[C@H](Cc1ccccc1)N(Cc1ccc(F)cc1)C(=O)Cc1ccc(Cl)c(Cl)c1. The third-order valence-corrected chi connectivity index (χ3v) is 6.62. The molecule has 0 aliphatic heterocycles. The van der Waals surface area contributed by atoms with Crippen LogP contribution in [0.25, 0.3) is 0 Å². The molecule has 0 aliphatic carbocycles. The van der Waals surface area contributed by atoms with Gasteiger partial charge in [-0.05, 0) is 54.3 Å². The van der Waals surface area contributed by atoms with Crippen LogP contribution in [-0.2, 0) is 29.0 Å². The molecule has 0 aromatic heterocycles. The second-order valence-corrected chi connectivity index (χ2v) is 9.41. The van der Waals surface area contributed by atoms with Crippen LogP contribution in [-0.4, -0.2) is 28.8 Å². The van der Waals surface area contributed by atoms with E-state index < -0.39 is 6.04 Å². The van der Waals surface area contributed by atoms with Crippen LogP contribution in [0.1, 0.15) is 37.0 Å². The van der Waals surface area contributed by atoms with E-state index in [1.54, 1.807) is 35.2 Å². The van der Waals surface area contributed by atoms with Crippen LogP contribution >= 0.6 is 23.2 Å². The summed E-state index contributed by atoms with van der Waals surface area (Å²) in [6.07, 6.45) is 1.15. The minimum Gasteiger partial charge on any atom is -0.352 e. The van der Waals surface area contributed by atoms with Crippen molar-refractivity contribution in [3.8, 4) is 0 Å². The molecule has 4 nitrogen and oxygen atoms in total. The van der Waals surface area contributed by atoms with Crippen LogP contribution in [0.3, 0.4) is 0 Å². The largest absolute Gasteiger partial charge is 0.352 e. The molecular formula is C28H29Cl2FN2O2.